The number of aliphatic hydroxyl groups is 1. The molecule has 0 saturated carbocycles. The number of rotatable bonds is 1. The van der Waals surface area contributed by atoms with Gasteiger partial charge in [0.15, 0.2) is 0 Å². The van der Waals surface area contributed by atoms with Crippen LogP contribution in [-0.2, 0) is 0 Å². The topological polar surface area (TPSA) is 63.4 Å². The van der Waals surface area contributed by atoms with Gasteiger partial charge >= 0.3 is 0 Å². The van der Waals surface area contributed by atoms with Crippen LogP contribution < -0.4 is 0 Å². The lowest BCUT2D eigenvalue weighted by molar-refractivity contribution is -0.386. The van der Waals surface area contributed by atoms with Gasteiger partial charge < -0.3 is 5.11 Å². The van der Waals surface area contributed by atoms with Gasteiger partial charge in [-0.05, 0) is 12.5 Å². The van der Waals surface area contributed by atoms with Crippen LogP contribution in [0.1, 0.15) is 18.1 Å². The van der Waals surface area contributed by atoms with Gasteiger partial charge in [-0.15, -0.1) is 11.8 Å². The molecule has 5 heteroatoms. The molecule has 0 aromatic heterocycles. The van der Waals surface area contributed by atoms with Crippen molar-refractivity contribution in [2.75, 3.05) is 5.75 Å². The average Bonchev–Trinajstić information content (AvgIpc) is 2.17. The third kappa shape index (κ3) is 1.49. The van der Waals surface area contributed by atoms with Gasteiger partial charge in [0.1, 0.15) is 0 Å². The summed E-state index contributed by atoms with van der Waals surface area (Å²) < 4.78 is 0. The maximum absolute atomic E-state index is 10.7. The van der Waals surface area contributed by atoms with Crippen molar-refractivity contribution in [1.29, 1.82) is 0 Å². The number of benzene rings is 1. The Bertz CT molecular complexity index is 380. The molecule has 1 unspecified atom stereocenters. The monoisotopic (exact) mass is 211 g/mol. The normalized spacial score (nSPS) is 20.2. The number of thioether (sulfide) groups is 1. The molecule has 1 aliphatic heterocycles. The highest BCUT2D eigenvalue weighted by atomic mass is 32.2. The van der Waals surface area contributed by atoms with Crippen LogP contribution in [0.3, 0.4) is 0 Å². The van der Waals surface area contributed by atoms with E-state index in [4.69, 9.17) is 0 Å². The fourth-order valence-electron chi connectivity index (χ4n) is 1.58. The summed E-state index contributed by atoms with van der Waals surface area (Å²) in [4.78, 5) is 11.1. The minimum absolute atomic E-state index is 0.0298. The largest absolute Gasteiger partial charge is 0.388 e. The van der Waals surface area contributed by atoms with E-state index in [1.165, 1.54) is 6.07 Å². The van der Waals surface area contributed by atoms with Crippen LogP contribution in [0, 0.1) is 10.1 Å². The number of hydrogen-bond donors (Lipinski definition) is 1. The van der Waals surface area contributed by atoms with E-state index in [9.17, 15) is 15.2 Å². The lowest BCUT2D eigenvalue weighted by atomic mass is 10.0. The molecule has 0 bridgehead atoms. The van der Waals surface area contributed by atoms with E-state index in [1.54, 1.807) is 17.8 Å². The number of nitrogens with zero attached hydrogens (tertiary/aromatic N) is 1. The van der Waals surface area contributed by atoms with Gasteiger partial charge in [0.2, 0.25) is 0 Å². The Morgan fingerprint density at radius 1 is 1.57 bits per heavy atom. The highest BCUT2D eigenvalue weighted by molar-refractivity contribution is 7.99. The summed E-state index contributed by atoms with van der Waals surface area (Å²) >= 11 is 1.56. The molecule has 4 nitrogen and oxygen atoms in total. The van der Waals surface area contributed by atoms with Gasteiger partial charge in [-0.1, -0.05) is 6.07 Å². The molecule has 0 radical (unpaired) electrons. The second kappa shape index (κ2) is 3.59. The summed E-state index contributed by atoms with van der Waals surface area (Å²) in [7, 11) is 0. The maximum Gasteiger partial charge on any atom is 0.276 e. The van der Waals surface area contributed by atoms with Gasteiger partial charge in [0.25, 0.3) is 5.69 Å². The second-order valence-corrected chi connectivity index (χ2v) is 4.24. The number of hydrogen-bond acceptors (Lipinski definition) is 4. The molecule has 14 heavy (non-hydrogen) atoms. The first-order chi connectivity index (χ1) is 6.70. The summed E-state index contributed by atoms with van der Waals surface area (Å²) in [5, 5.41) is 20.4. The minimum atomic E-state index is -0.687. The van der Waals surface area contributed by atoms with Crippen molar-refractivity contribution in [2.45, 2.75) is 17.4 Å². The number of nitro benzene ring substituents is 1. The summed E-state index contributed by atoms with van der Waals surface area (Å²) in [5.41, 5.74) is 0.510. The molecule has 0 aliphatic carbocycles. The Morgan fingerprint density at radius 3 is 3.07 bits per heavy atom. The first-order valence-corrected chi connectivity index (χ1v) is 5.27. The fourth-order valence-corrected chi connectivity index (χ4v) is 2.71. The molecule has 0 spiro atoms. The Balaban J connectivity index is 2.57. The predicted octanol–water partition coefficient (Wildman–Crippen LogP) is 2.12. The highest BCUT2D eigenvalue weighted by Gasteiger charge is 2.27. The molecule has 74 valence electrons. The summed E-state index contributed by atoms with van der Waals surface area (Å²) in [6, 6.07) is 4.91. The van der Waals surface area contributed by atoms with Crippen LogP contribution in [0.2, 0.25) is 0 Å². The number of aliphatic hydroxyl groups excluding tert-OH is 1. The molecule has 1 aliphatic rings. The van der Waals surface area contributed by atoms with E-state index in [1.807, 2.05) is 6.07 Å². The van der Waals surface area contributed by atoms with Crippen LogP contribution in [-0.4, -0.2) is 15.8 Å². The highest BCUT2D eigenvalue weighted by Crippen LogP contribution is 2.40. The van der Waals surface area contributed by atoms with Gasteiger partial charge in [-0.2, -0.15) is 0 Å². The summed E-state index contributed by atoms with van der Waals surface area (Å²) in [6.45, 7) is 0. The molecule has 0 fully saturated rings. The molecular formula is C9H9NO3S. The zero-order valence-corrected chi connectivity index (χ0v) is 8.16. The molecule has 2 rings (SSSR count). The molecule has 1 aromatic carbocycles. The third-order valence-corrected chi connectivity index (χ3v) is 3.33. The lowest BCUT2D eigenvalue weighted by Crippen LogP contribution is -2.09. The first kappa shape index (κ1) is 9.48. The molecule has 1 heterocycles. The van der Waals surface area contributed by atoms with Crippen LogP contribution in [0.25, 0.3) is 0 Å². The van der Waals surface area contributed by atoms with Crippen molar-refractivity contribution in [2.24, 2.45) is 0 Å². The Hall–Kier alpha value is -1.07. The van der Waals surface area contributed by atoms with Crippen LogP contribution in [0.15, 0.2) is 23.1 Å². The third-order valence-electron chi connectivity index (χ3n) is 2.22. The van der Waals surface area contributed by atoms with Crippen molar-refractivity contribution in [1.82, 2.24) is 0 Å². The zero-order valence-electron chi connectivity index (χ0n) is 7.34. The van der Waals surface area contributed by atoms with E-state index in [2.05, 4.69) is 0 Å². The van der Waals surface area contributed by atoms with Crippen LogP contribution >= 0.6 is 11.8 Å². The Labute approximate surface area is 85.1 Å². The quantitative estimate of drug-likeness (QED) is 0.571. The van der Waals surface area contributed by atoms with Crippen molar-refractivity contribution >= 4 is 17.4 Å². The van der Waals surface area contributed by atoms with E-state index >= 15 is 0 Å². The van der Waals surface area contributed by atoms with E-state index in [-0.39, 0.29) is 5.69 Å². The van der Waals surface area contributed by atoms with Gasteiger partial charge in [0.05, 0.1) is 16.6 Å². The van der Waals surface area contributed by atoms with E-state index in [0.29, 0.717) is 12.0 Å². The van der Waals surface area contributed by atoms with Gasteiger partial charge in [-0.25, -0.2) is 0 Å². The molecule has 0 saturated heterocycles. The lowest BCUT2D eigenvalue weighted by Gasteiger charge is -2.19. The van der Waals surface area contributed by atoms with Gasteiger partial charge in [0, 0.05) is 16.7 Å². The zero-order chi connectivity index (χ0) is 10.1. The van der Waals surface area contributed by atoms with Crippen LogP contribution in [0.4, 0.5) is 5.69 Å². The molecule has 1 atom stereocenters. The van der Waals surface area contributed by atoms with E-state index in [0.717, 1.165) is 10.6 Å². The molecular weight excluding hydrogens is 202 g/mol. The van der Waals surface area contributed by atoms with Crippen molar-refractivity contribution in [3.05, 3.63) is 33.9 Å². The summed E-state index contributed by atoms with van der Waals surface area (Å²) in [5.74, 6) is 0.815. The molecule has 0 amide bonds. The molecule has 1 aromatic rings. The molecule has 1 N–H and O–H groups in total. The Kier molecular flexibility index (Phi) is 2.43. The second-order valence-electron chi connectivity index (χ2n) is 3.10. The smallest absolute Gasteiger partial charge is 0.276 e. The van der Waals surface area contributed by atoms with Crippen LogP contribution in [0.5, 0.6) is 0 Å². The standard InChI is InChI=1S/C9H9NO3S/c11-7-4-5-14-8-3-1-2-6(9(7)8)10(12)13/h1-3,7,11H,4-5H2. The SMILES string of the molecule is O=[N+]([O-])c1cccc2c1C(O)CCS2. The Morgan fingerprint density at radius 2 is 2.36 bits per heavy atom. The number of fused-ring (bicyclic) bond motifs is 1. The van der Waals surface area contributed by atoms with E-state index < -0.39 is 11.0 Å². The van der Waals surface area contributed by atoms with Gasteiger partial charge in [-0.3, -0.25) is 10.1 Å². The predicted molar refractivity (Wildman–Crippen MR) is 53.4 cm³/mol. The summed E-state index contributed by atoms with van der Waals surface area (Å²) in [6.07, 6.45) is -0.101. The minimum Gasteiger partial charge on any atom is -0.388 e. The van der Waals surface area contributed by atoms with Crippen molar-refractivity contribution in [3.63, 3.8) is 0 Å². The fraction of sp³-hybridized carbons (Fsp3) is 0.333. The van der Waals surface area contributed by atoms with Crippen molar-refractivity contribution < 1.29 is 10.0 Å². The maximum atomic E-state index is 10.7. The van der Waals surface area contributed by atoms with Crippen molar-refractivity contribution in [3.8, 4) is 0 Å². The first-order valence-electron chi connectivity index (χ1n) is 4.28. The number of nitro groups is 1. The average molecular weight is 211 g/mol.